The molecule has 0 saturated heterocycles. The van der Waals surface area contributed by atoms with E-state index in [0.717, 1.165) is 6.08 Å². The molecule has 98 valence electrons. The highest BCUT2D eigenvalue weighted by atomic mass is 32.2. The van der Waals surface area contributed by atoms with Crippen molar-refractivity contribution in [1.29, 1.82) is 0 Å². The van der Waals surface area contributed by atoms with Gasteiger partial charge in [0.1, 0.15) is 10.6 Å². The van der Waals surface area contributed by atoms with Gasteiger partial charge in [-0.3, -0.25) is 0 Å². The van der Waals surface area contributed by atoms with Gasteiger partial charge in [-0.05, 0) is 30.8 Å². The molecule has 0 aliphatic heterocycles. The average molecular weight is 271 g/mol. The van der Waals surface area contributed by atoms with E-state index in [-0.39, 0.29) is 10.6 Å². The molecule has 0 unspecified atom stereocenters. The van der Waals surface area contributed by atoms with Gasteiger partial charge < -0.3 is 9.84 Å². The predicted molar refractivity (Wildman–Crippen MR) is 65.9 cm³/mol. The smallest absolute Gasteiger partial charge is 0.328 e. The lowest BCUT2D eigenvalue weighted by Gasteiger charge is -2.09. The molecule has 0 amide bonds. The van der Waals surface area contributed by atoms with Gasteiger partial charge in [0.2, 0.25) is 10.0 Å². The molecule has 0 aliphatic rings. The third-order valence-electron chi connectivity index (χ3n) is 2.16. The van der Waals surface area contributed by atoms with Crippen LogP contribution in [0.2, 0.25) is 0 Å². The molecule has 0 radical (unpaired) electrons. The van der Waals surface area contributed by atoms with Crippen LogP contribution in [-0.4, -0.2) is 33.7 Å². The molecule has 18 heavy (non-hydrogen) atoms. The molecule has 1 aromatic carbocycles. The van der Waals surface area contributed by atoms with E-state index < -0.39 is 16.0 Å². The van der Waals surface area contributed by atoms with Crippen molar-refractivity contribution in [1.82, 2.24) is 4.72 Å². The average Bonchev–Trinajstić information content (AvgIpc) is 2.36. The van der Waals surface area contributed by atoms with Crippen LogP contribution in [0.3, 0.4) is 0 Å². The first-order valence-corrected chi connectivity index (χ1v) is 6.41. The Morgan fingerprint density at radius 1 is 1.44 bits per heavy atom. The summed E-state index contributed by atoms with van der Waals surface area (Å²) in [5.74, 6) is -0.916. The summed E-state index contributed by atoms with van der Waals surface area (Å²) in [5, 5.41) is 8.51. The standard InChI is InChI=1S/C11H13NO5S/c1-12-18(15,16)10-7-8(4-6-11(13)14)3-5-9(10)17-2/h3-7,12H,1-2H3,(H,13,14)/b6-4-. The van der Waals surface area contributed by atoms with E-state index in [0.29, 0.717) is 5.56 Å². The molecular weight excluding hydrogens is 258 g/mol. The van der Waals surface area contributed by atoms with Gasteiger partial charge in [0.05, 0.1) is 7.11 Å². The second-order valence-corrected chi connectivity index (χ2v) is 5.14. The monoisotopic (exact) mass is 271 g/mol. The molecule has 0 fully saturated rings. The lowest BCUT2D eigenvalue weighted by Crippen LogP contribution is -2.19. The van der Waals surface area contributed by atoms with Crippen molar-refractivity contribution < 1.29 is 23.1 Å². The lowest BCUT2D eigenvalue weighted by molar-refractivity contribution is -0.131. The Morgan fingerprint density at radius 3 is 2.61 bits per heavy atom. The summed E-state index contributed by atoms with van der Waals surface area (Å²) in [6, 6.07) is 4.36. The summed E-state index contributed by atoms with van der Waals surface area (Å²) in [4.78, 5) is 10.4. The number of carbonyl (C=O) groups is 1. The number of carboxylic acids is 1. The van der Waals surface area contributed by atoms with Crippen molar-refractivity contribution >= 4 is 22.1 Å². The summed E-state index contributed by atoms with van der Waals surface area (Å²) in [6.07, 6.45) is 2.23. The molecule has 7 heteroatoms. The molecule has 0 bridgehead atoms. The van der Waals surface area contributed by atoms with Gasteiger partial charge in [-0.2, -0.15) is 0 Å². The highest BCUT2D eigenvalue weighted by molar-refractivity contribution is 7.89. The van der Waals surface area contributed by atoms with Crippen LogP contribution in [0.15, 0.2) is 29.2 Å². The maximum absolute atomic E-state index is 11.7. The van der Waals surface area contributed by atoms with Crippen LogP contribution in [-0.2, 0) is 14.8 Å². The van der Waals surface area contributed by atoms with Crippen molar-refractivity contribution in [3.05, 3.63) is 29.8 Å². The number of aliphatic carboxylic acids is 1. The van der Waals surface area contributed by atoms with E-state index in [1.54, 1.807) is 6.07 Å². The Bertz CT molecular complexity index is 577. The van der Waals surface area contributed by atoms with Crippen molar-refractivity contribution in [2.45, 2.75) is 4.90 Å². The van der Waals surface area contributed by atoms with Crippen LogP contribution in [0.5, 0.6) is 5.75 Å². The number of carboxylic acid groups (broad SMARTS) is 1. The molecule has 1 aromatic rings. The zero-order valence-electron chi connectivity index (χ0n) is 9.88. The fourth-order valence-electron chi connectivity index (χ4n) is 1.28. The van der Waals surface area contributed by atoms with E-state index in [1.807, 2.05) is 0 Å². The number of rotatable bonds is 5. The second-order valence-electron chi connectivity index (χ2n) is 3.29. The Kier molecular flexibility index (Phi) is 4.46. The minimum Gasteiger partial charge on any atom is -0.495 e. The van der Waals surface area contributed by atoms with E-state index >= 15 is 0 Å². The van der Waals surface area contributed by atoms with Gasteiger partial charge in [-0.15, -0.1) is 0 Å². The van der Waals surface area contributed by atoms with E-state index in [9.17, 15) is 13.2 Å². The Hall–Kier alpha value is -1.86. The maximum atomic E-state index is 11.7. The lowest BCUT2D eigenvalue weighted by atomic mass is 10.2. The van der Waals surface area contributed by atoms with E-state index in [4.69, 9.17) is 9.84 Å². The van der Waals surface area contributed by atoms with Gasteiger partial charge in [0.25, 0.3) is 0 Å². The fraction of sp³-hybridized carbons (Fsp3) is 0.182. The van der Waals surface area contributed by atoms with E-state index in [2.05, 4.69) is 4.72 Å². The summed E-state index contributed by atoms with van der Waals surface area (Å²) in [6.45, 7) is 0. The largest absolute Gasteiger partial charge is 0.495 e. The molecular formula is C11H13NO5S. The van der Waals surface area contributed by atoms with Crippen LogP contribution in [0.25, 0.3) is 6.08 Å². The number of sulfonamides is 1. The highest BCUT2D eigenvalue weighted by Crippen LogP contribution is 2.25. The molecule has 0 atom stereocenters. The van der Waals surface area contributed by atoms with Gasteiger partial charge in [-0.1, -0.05) is 6.07 Å². The van der Waals surface area contributed by atoms with Crippen molar-refractivity contribution in [2.24, 2.45) is 0 Å². The Labute approximate surface area is 105 Å². The summed E-state index contributed by atoms with van der Waals surface area (Å²) in [5.41, 5.74) is 0.451. The van der Waals surface area contributed by atoms with Crippen molar-refractivity contribution in [2.75, 3.05) is 14.2 Å². The third kappa shape index (κ3) is 3.31. The molecule has 1 rings (SSSR count). The molecule has 6 nitrogen and oxygen atoms in total. The predicted octanol–water partition coefficient (Wildman–Crippen LogP) is 0.701. The molecule has 0 aromatic heterocycles. The van der Waals surface area contributed by atoms with Crippen LogP contribution in [0.1, 0.15) is 5.56 Å². The van der Waals surface area contributed by atoms with Gasteiger partial charge >= 0.3 is 5.97 Å². The SMILES string of the molecule is CNS(=O)(=O)c1cc(/C=C\C(=O)O)ccc1OC. The number of hydrogen-bond acceptors (Lipinski definition) is 4. The van der Waals surface area contributed by atoms with Gasteiger partial charge in [0.15, 0.2) is 0 Å². The zero-order chi connectivity index (χ0) is 13.8. The first-order chi connectivity index (χ1) is 8.40. The molecule has 0 heterocycles. The number of nitrogens with one attached hydrogen (secondary N) is 1. The van der Waals surface area contributed by atoms with Crippen LogP contribution < -0.4 is 9.46 Å². The Morgan fingerprint density at radius 2 is 2.11 bits per heavy atom. The fourth-order valence-corrected chi connectivity index (χ4v) is 2.21. The minimum atomic E-state index is -3.66. The topological polar surface area (TPSA) is 92.7 Å². The number of methoxy groups -OCH3 is 1. The van der Waals surface area contributed by atoms with Crippen LogP contribution >= 0.6 is 0 Å². The van der Waals surface area contributed by atoms with Crippen LogP contribution in [0, 0.1) is 0 Å². The minimum absolute atomic E-state index is 0.0416. The van der Waals surface area contributed by atoms with Gasteiger partial charge in [-0.25, -0.2) is 17.9 Å². The van der Waals surface area contributed by atoms with Gasteiger partial charge in [0, 0.05) is 6.08 Å². The normalized spacial score (nSPS) is 11.7. The maximum Gasteiger partial charge on any atom is 0.328 e. The summed E-state index contributed by atoms with van der Waals surface area (Å²) in [7, 11) is -1.01. The third-order valence-corrected chi connectivity index (χ3v) is 3.60. The Balaban J connectivity index is 3.31. The van der Waals surface area contributed by atoms with Crippen molar-refractivity contribution in [3.63, 3.8) is 0 Å². The van der Waals surface area contributed by atoms with E-state index in [1.165, 1.54) is 32.4 Å². The van der Waals surface area contributed by atoms with Crippen LogP contribution in [0.4, 0.5) is 0 Å². The zero-order valence-corrected chi connectivity index (χ0v) is 10.7. The number of hydrogen-bond donors (Lipinski definition) is 2. The second kappa shape index (κ2) is 5.65. The quantitative estimate of drug-likeness (QED) is 0.769. The molecule has 2 N–H and O–H groups in total. The first kappa shape index (κ1) is 14.2. The summed E-state index contributed by atoms with van der Waals surface area (Å²) < 4.78 is 30.6. The van der Waals surface area contributed by atoms with Crippen molar-refractivity contribution in [3.8, 4) is 5.75 Å². The molecule has 0 aliphatic carbocycles. The number of benzene rings is 1. The first-order valence-electron chi connectivity index (χ1n) is 4.93. The number of ether oxygens (including phenoxy) is 1. The molecule has 0 saturated carbocycles. The molecule has 0 spiro atoms. The summed E-state index contributed by atoms with van der Waals surface area (Å²) >= 11 is 0. The highest BCUT2D eigenvalue weighted by Gasteiger charge is 2.17.